The van der Waals surface area contributed by atoms with Gasteiger partial charge in [-0.2, -0.15) is 0 Å². The molecule has 4 atom stereocenters. The number of nitrogens with one attached hydrogen (secondary N) is 2. The lowest BCUT2D eigenvalue weighted by molar-refractivity contribution is -0.133. The van der Waals surface area contributed by atoms with Crippen molar-refractivity contribution in [2.45, 2.75) is 63.3 Å². The predicted octanol–water partition coefficient (Wildman–Crippen LogP) is 1.42. The van der Waals surface area contributed by atoms with Crippen molar-refractivity contribution >= 4 is 17.9 Å². The van der Waals surface area contributed by atoms with E-state index in [-0.39, 0.29) is 29.9 Å². The van der Waals surface area contributed by atoms with Crippen LogP contribution in [0.3, 0.4) is 0 Å². The lowest BCUT2D eigenvalue weighted by Gasteiger charge is -2.43. The van der Waals surface area contributed by atoms with E-state index in [1.807, 2.05) is 24.3 Å². The molecule has 170 valence electrons. The van der Waals surface area contributed by atoms with Gasteiger partial charge in [0, 0.05) is 26.1 Å². The first-order valence-electron chi connectivity index (χ1n) is 10.7. The van der Waals surface area contributed by atoms with Crippen LogP contribution >= 0.6 is 0 Å². The molecule has 2 fully saturated rings. The van der Waals surface area contributed by atoms with E-state index in [0.717, 1.165) is 31.6 Å². The van der Waals surface area contributed by atoms with Gasteiger partial charge >= 0.3 is 6.09 Å². The highest BCUT2D eigenvalue weighted by atomic mass is 16.5. The molecule has 3 amide bonds. The highest BCUT2D eigenvalue weighted by Gasteiger charge is 2.43. The van der Waals surface area contributed by atoms with E-state index in [0.29, 0.717) is 13.0 Å². The molecule has 1 aliphatic heterocycles. The van der Waals surface area contributed by atoms with Crippen LogP contribution in [0, 0.1) is 0 Å². The average Bonchev–Trinajstić information content (AvgIpc) is 3.07. The third kappa shape index (κ3) is 5.66. The summed E-state index contributed by atoms with van der Waals surface area (Å²) in [6.07, 6.45) is 1.65. The quantitative estimate of drug-likeness (QED) is 0.601. The molecule has 9 nitrogen and oxygen atoms in total. The number of carbonyl (C=O) groups is 3. The molecule has 9 heteroatoms. The summed E-state index contributed by atoms with van der Waals surface area (Å²) >= 11 is 0. The zero-order chi connectivity index (χ0) is 22.5. The van der Waals surface area contributed by atoms with Crippen LogP contribution in [-0.4, -0.2) is 77.7 Å². The fourth-order valence-electron chi connectivity index (χ4n) is 4.78. The maximum Gasteiger partial charge on any atom is 0.405 e. The monoisotopic (exact) mass is 432 g/mol. The van der Waals surface area contributed by atoms with Crippen molar-refractivity contribution in [3.05, 3.63) is 29.8 Å². The summed E-state index contributed by atoms with van der Waals surface area (Å²) < 4.78 is 5.22. The molecule has 1 aromatic rings. The summed E-state index contributed by atoms with van der Waals surface area (Å²) in [5.74, 6) is 0.497. The molecule has 1 aliphatic carbocycles. The maximum atomic E-state index is 12.7. The minimum Gasteiger partial charge on any atom is -0.497 e. The minimum atomic E-state index is -1.19. The van der Waals surface area contributed by atoms with Crippen molar-refractivity contribution < 1.29 is 24.2 Å². The van der Waals surface area contributed by atoms with E-state index in [2.05, 4.69) is 22.6 Å². The molecule has 1 heterocycles. The Morgan fingerprint density at radius 1 is 1.19 bits per heavy atom. The average molecular weight is 433 g/mol. The number of methoxy groups -OCH3 is 1. The van der Waals surface area contributed by atoms with Crippen LogP contribution in [0.2, 0.25) is 0 Å². The van der Waals surface area contributed by atoms with Gasteiger partial charge in [-0.1, -0.05) is 12.1 Å². The predicted molar refractivity (Wildman–Crippen MR) is 115 cm³/mol. The third-order valence-corrected chi connectivity index (χ3v) is 6.33. The number of carboxylic acid groups (broad SMARTS) is 1. The number of carbonyl (C=O) groups excluding carboxylic acids is 2. The standard InChI is InChI=1S/C22H32N4O5/c1-14(27)23-19-12-16(25(2)13-15-4-7-17(31-3)8-5-15)6-9-20(19)26-11-10-18(21(26)28)24-22(29)30/h4-5,7-8,16,18-20,24H,6,9-13H2,1-3H3,(H,23,27)(H,29,30)/t16-,18+,19-,20+/m1/s1. The molecule has 3 rings (SSSR count). The number of amides is 3. The minimum absolute atomic E-state index is 0.123. The van der Waals surface area contributed by atoms with E-state index in [1.54, 1.807) is 12.0 Å². The molecule has 1 saturated heterocycles. The summed E-state index contributed by atoms with van der Waals surface area (Å²) in [5.41, 5.74) is 1.18. The summed E-state index contributed by atoms with van der Waals surface area (Å²) in [5, 5.41) is 14.3. The first-order valence-corrected chi connectivity index (χ1v) is 10.7. The van der Waals surface area contributed by atoms with Crippen LogP contribution in [0.4, 0.5) is 4.79 Å². The zero-order valence-corrected chi connectivity index (χ0v) is 18.3. The second kappa shape index (κ2) is 10.00. The van der Waals surface area contributed by atoms with E-state index >= 15 is 0 Å². The van der Waals surface area contributed by atoms with Crippen molar-refractivity contribution in [3.63, 3.8) is 0 Å². The van der Waals surface area contributed by atoms with Crippen molar-refractivity contribution in [2.75, 3.05) is 20.7 Å². The van der Waals surface area contributed by atoms with Gasteiger partial charge in [0.05, 0.1) is 19.2 Å². The van der Waals surface area contributed by atoms with Gasteiger partial charge in [-0.15, -0.1) is 0 Å². The van der Waals surface area contributed by atoms with Crippen LogP contribution < -0.4 is 15.4 Å². The van der Waals surface area contributed by atoms with Gasteiger partial charge in [0.2, 0.25) is 11.8 Å². The Bertz CT molecular complexity index is 800. The number of rotatable bonds is 7. The highest BCUT2D eigenvalue weighted by Crippen LogP contribution is 2.30. The van der Waals surface area contributed by atoms with Crippen LogP contribution in [-0.2, 0) is 16.1 Å². The summed E-state index contributed by atoms with van der Waals surface area (Å²) in [6, 6.07) is 7.26. The molecule has 3 N–H and O–H groups in total. The van der Waals surface area contributed by atoms with Gasteiger partial charge in [0.25, 0.3) is 0 Å². The number of nitrogens with zero attached hydrogens (tertiary/aromatic N) is 2. The van der Waals surface area contributed by atoms with Crippen molar-refractivity contribution in [1.29, 1.82) is 0 Å². The Morgan fingerprint density at radius 2 is 1.90 bits per heavy atom. The van der Waals surface area contributed by atoms with Gasteiger partial charge in [-0.3, -0.25) is 14.5 Å². The zero-order valence-electron chi connectivity index (χ0n) is 18.3. The molecule has 0 unspecified atom stereocenters. The van der Waals surface area contributed by atoms with E-state index in [9.17, 15) is 14.4 Å². The molecule has 2 aliphatic rings. The molecule has 0 aromatic heterocycles. The van der Waals surface area contributed by atoms with Gasteiger partial charge < -0.3 is 25.4 Å². The first-order chi connectivity index (χ1) is 14.8. The Kier molecular flexibility index (Phi) is 7.37. The number of hydrogen-bond acceptors (Lipinski definition) is 5. The van der Waals surface area contributed by atoms with Crippen molar-refractivity contribution in [3.8, 4) is 5.75 Å². The Balaban J connectivity index is 1.65. The third-order valence-electron chi connectivity index (χ3n) is 6.33. The summed E-state index contributed by atoms with van der Waals surface area (Å²) in [7, 11) is 3.72. The molecule has 0 bridgehead atoms. The SMILES string of the molecule is COc1ccc(CN(C)[C@@H]2CC[C@H](N3CC[C@H](NC(=O)O)C3=O)[C@H](NC(C)=O)C2)cc1. The molecule has 1 saturated carbocycles. The van der Waals surface area contributed by atoms with E-state index in [1.165, 1.54) is 12.5 Å². The number of likely N-dealkylation sites (tertiary alicyclic amines) is 1. The molecular formula is C22H32N4O5. The van der Waals surface area contributed by atoms with Gasteiger partial charge in [-0.25, -0.2) is 4.79 Å². The summed E-state index contributed by atoms with van der Waals surface area (Å²) in [4.78, 5) is 39.6. The van der Waals surface area contributed by atoms with Gasteiger partial charge in [0.15, 0.2) is 0 Å². The maximum absolute atomic E-state index is 12.7. The topological polar surface area (TPSA) is 111 Å². The van der Waals surface area contributed by atoms with Crippen LogP contribution in [0.1, 0.15) is 38.2 Å². The highest BCUT2D eigenvalue weighted by molar-refractivity contribution is 5.87. The largest absolute Gasteiger partial charge is 0.497 e. The number of ether oxygens (including phenoxy) is 1. The Morgan fingerprint density at radius 3 is 2.52 bits per heavy atom. The lowest BCUT2D eigenvalue weighted by Crippen LogP contribution is -2.58. The van der Waals surface area contributed by atoms with E-state index in [4.69, 9.17) is 9.84 Å². The smallest absolute Gasteiger partial charge is 0.405 e. The fraction of sp³-hybridized carbons (Fsp3) is 0.591. The van der Waals surface area contributed by atoms with Gasteiger partial charge in [0.1, 0.15) is 11.8 Å². The molecule has 1 aromatic carbocycles. The fourth-order valence-corrected chi connectivity index (χ4v) is 4.78. The molecular weight excluding hydrogens is 400 g/mol. The Hall–Kier alpha value is -2.81. The lowest BCUT2D eigenvalue weighted by atomic mass is 9.84. The second-order valence-electron chi connectivity index (χ2n) is 8.43. The van der Waals surface area contributed by atoms with Crippen LogP contribution in [0.15, 0.2) is 24.3 Å². The van der Waals surface area contributed by atoms with Crippen LogP contribution in [0.25, 0.3) is 0 Å². The summed E-state index contributed by atoms with van der Waals surface area (Å²) in [6.45, 7) is 2.76. The number of benzene rings is 1. The van der Waals surface area contributed by atoms with Crippen molar-refractivity contribution in [2.24, 2.45) is 0 Å². The normalized spacial score (nSPS) is 26.1. The van der Waals surface area contributed by atoms with Crippen molar-refractivity contribution in [1.82, 2.24) is 20.4 Å². The first kappa shape index (κ1) is 22.9. The van der Waals surface area contributed by atoms with Crippen LogP contribution in [0.5, 0.6) is 5.75 Å². The van der Waals surface area contributed by atoms with E-state index < -0.39 is 12.1 Å². The Labute approximate surface area is 182 Å². The second-order valence-corrected chi connectivity index (χ2v) is 8.43. The molecule has 0 radical (unpaired) electrons. The molecule has 0 spiro atoms. The molecule has 31 heavy (non-hydrogen) atoms. The number of hydrogen-bond donors (Lipinski definition) is 3. The van der Waals surface area contributed by atoms with Gasteiger partial charge in [-0.05, 0) is 50.4 Å².